The second kappa shape index (κ2) is 7.59. The van der Waals surface area contributed by atoms with Crippen molar-refractivity contribution in [2.75, 3.05) is 0 Å². The molecule has 1 unspecified atom stereocenters. The van der Waals surface area contributed by atoms with Crippen molar-refractivity contribution in [3.63, 3.8) is 0 Å². The van der Waals surface area contributed by atoms with Gasteiger partial charge in [-0.25, -0.2) is 0 Å². The molecule has 1 amide bonds. The standard InChI is InChI=1S/C19H24N2O4/c1-12(2)18-10-17(25-21-18)11-23-15-6-8-16(9-7-15)24-13(3)20-19(22)14-4-5-14/h6-10,12-14H,4-5,11H2,1-3H3,(H,20,22). The van der Waals surface area contributed by atoms with Crippen LogP contribution >= 0.6 is 0 Å². The molecule has 1 aromatic carbocycles. The summed E-state index contributed by atoms with van der Waals surface area (Å²) in [6.07, 6.45) is 1.60. The molecule has 1 atom stereocenters. The van der Waals surface area contributed by atoms with Crippen LogP contribution in [-0.4, -0.2) is 17.3 Å². The number of carbonyl (C=O) groups excluding carboxylic acids is 1. The zero-order chi connectivity index (χ0) is 17.8. The highest BCUT2D eigenvalue weighted by atomic mass is 16.5. The number of nitrogens with zero attached hydrogens (tertiary/aromatic N) is 1. The molecule has 1 aromatic heterocycles. The van der Waals surface area contributed by atoms with Gasteiger partial charge in [-0.1, -0.05) is 19.0 Å². The molecular formula is C19H24N2O4. The molecule has 2 aromatic rings. The van der Waals surface area contributed by atoms with Gasteiger partial charge in [-0.3, -0.25) is 4.79 Å². The Morgan fingerprint density at radius 2 is 1.92 bits per heavy atom. The van der Waals surface area contributed by atoms with Crippen molar-refractivity contribution in [1.29, 1.82) is 0 Å². The molecule has 1 heterocycles. The Labute approximate surface area is 147 Å². The molecule has 6 nitrogen and oxygen atoms in total. The molecular weight excluding hydrogens is 320 g/mol. The van der Waals surface area contributed by atoms with Crippen LogP contribution in [0, 0.1) is 5.92 Å². The summed E-state index contributed by atoms with van der Waals surface area (Å²) in [4.78, 5) is 11.7. The Hall–Kier alpha value is -2.50. The third kappa shape index (κ3) is 4.98. The van der Waals surface area contributed by atoms with Gasteiger partial charge in [0.2, 0.25) is 5.91 Å². The Balaban J connectivity index is 1.46. The Bertz CT molecular complexity index is 704. The molecule has 6 heteroatoms. The van der Waals surface area contributed by atoms with Crippen molar-refractivity contribution < 1.29 is 18.8 Å². The van der Waals surface area contributed by atoms with E-state index < -0.39 is 0 Å². The number of nitrogens with one attached hydrogen (secondary N) is 1. The largest absolute Gasteiger partial charge is 0.486 e. The van der Waals surface area contributed by atoms with Gasteiger partial charge in [0.25, 0.3) is 0 Å². The lowest BCUT2D eigenvalue weighted by Gasteiger charge is -2.16. The van der Waals surface area contributed by atoms with Crippen molar-refractivity contribution in [3.05, 3.63) is 41.8 Å². The van der Waals surface area contributed by atoms with Crippen molar-refractivity contribution in [3.8, 4) is 11.5 Å². The monoisotopic (exact) mass is 344 g/mol. The van der Waals surface area contributed by atoms with E-state index in [9.17, 15) is 4.79 Å². The number of benzene rings is 1. The van der Waals surface area contributed by atoms with Crippen LogP contribution in [0.25, 0.3) is 0 Å². The zero-order valence-electron chi connectivity index (χ0n) is 14.8. The van der Waals surface area contributed by atoms with E-state index in [0.29, 0.717) is 29.8 Å². The minimum Gasteiger partial charge on any atom is -0.486 e. The first-order chi connectivity index (χ1) is 12.0. The lowest BCUT2D eigenvalue weighted by molar-refractivity contribution is -0.124. The van der Waals surface area contributed by atoms with Gasteiger partial charge < -0.3 is 19.3 Å². The maximum Gasteiger partial charge on any atom is 0.225 e. The summed E-state index contributed by atoms with van der Waals surface area (Å²) in [6, 6.07) is 9.19. The van der Waals surface area contributed by atoms with Gasteiger partial charge in [-0.2, -0.15) is 0 Å². The number of aromatic nitrogens is 1. The highest BCUT2D eigenvalue weighted by Gasteiger charge is 2.30. The summed E-state index contributed by atoms with van der Waals surface area (Å²) in [6.45, 7) is 6.28. The molecule has 0 radical (unpaired) electrons. The number of ether oxygens (including phenoxy) is 2. The fourth-order valence-corrected chi connectivity index (χ4v) is 2.34. The minimum atomic E-state index is -0.358. The number of amides is 1. The average Bonchev–Trinajstić information content (AvgIpc) is 3.32. The third-order valence-electron chi connectivity index (χ3n) is 3.98. The fraction of sp³-hybridized carbons (Fsp3) is 0.474. The Kier molecular flexibility index (Phi) is 5.26. The highest BCUT2D eigenvalue weighted by molar-refractivity contribution is 5.80. The molecule has 1 N–H and O–H groups in total. The quantitative estimate of drug-likeness (QED) is 0.740. The molecule has 1 saturated carbocycles. The molecule has 134 valence electrons. The molecule has 3 rings (SSSR count). The van der Waals surface area contributed by atoms with Crippen LogP contribution in [-0.2, 0) is 11.4 Å². The second-order valence-corrected chi connectivity index (χ2v) is 6.68. The molecule has 1 fully saturated rings. The Morgan fingerprint density at radius 1 is 1.24 bits per heavy atom. The van der Waals surface area contributed by atoms with Crippen LogP contribution in [0.3, 0.4) is 0 Å². The summed E-state index contributed by atoms with van der Waals surface area (Å²) < 4.78 is 16.6. The molecule has 25 heavy (non-hydrogen) atoms. The summed E-state index contributed by atoms with van der Waals surface area (Å²) in [5, 5.41) is 6.86. The van der Waals surface area contributed by atoms with Gasteiger partial charge in [-0.15, -0.1) is 0 Å². The van der Waals surface area contributed by atoms with Gasteiger partial charge in [-0.05, 0) is 49.9 Å². The van der Waals surface area contributed by atoms with Crippen LogP contribution in [0.2, 0.25) is 0 Å². The maximum atomic E-state index is 11.7. The van der Waals surface area contributed by atoms with Gasteiger partial charge in [0, 0.05) is 12.0 Å². The molecule has 0 aliphatic heterocycles. The van der Waals surface area contributed by atoms with E-state index in [2.05, 4.69) is 24.3 Å². The van der Waals surface area contributed by atoms with Gasteiger partial charge in [0.05, 0.1) is 5.69 Å². The second-order valence-electron chi connectivity index (χ2n) is 6.68. The van der Waals surface area contributed by atoms with Gasteiger partial charge >= 0.3 is 0 Å². The smallest absolute Gasteiger partial charge is 0.225 e. The predicted molar refractivity (Wildman–Crippen MR) is 92.3 cm³/mol. The van der Waals surface area contributed by atoms with Crippen LogP contribution in [0.4, 0.5) is 0 Å². The van der Waals surface area contributed by atoms with Crippen molar-refractivity contribution in [2.24, 2.45) is 5.92 Å². The van der Waals surface area contributed by atoms with Crippen molar-refractivity contribution >= 4 is 5.91 Å². The first-order valence-corrected chi connectivity index (χ1v) is 8.66. The molecule has 0 bridgehead atoms. The van der Waals surface area contributed by atoms with Crippen LogP contribution in [0.5, 0.6) is 11.5 Å². The van der Waals surface area contributed by atoms with E-state index in [0.717, 1.165) is 18.5 Å². The fourth-order valence-electron chi connectivity index (χ4n) is 2.34. The first kappa shape index (κ1) is 17.3. The molecule has 0 saturated heterocycles. The van der Waals surface area contributed by atoms with E-state index in [-0.39, 0.29) is 18.1 Å². The van der Waals surface area contributed by atoms with E-state index in [4.69, 9.17) is 14.0 Å². The highest BCUT2D eigenvalue weighted by Crippen LogP contribution is 2.29. The van der Waals surface area contributed by atoms with Gasteiger partial charge in [0.1, 0.15) is 18.1 Å². The SMILES string of the molecule is CC(NC(=O)C1CC1)Oc1ccc(OCc2cc(C(C)C)no2)cc1. The molecule has 1 aliphatic carbocycles. The minimum absolute atomic E-state index is 0.0697. The van der Waals surface area contributed by atoms with Crippen molar-refractivity contribution in [1.82, 2.24) is 10.5 Å². The van der Waals surface area contributed by atoms with Crippen LogP contribution in [0.1, 0.15) is 51.0 Å². The first-order valence-electron chi connectivity index (χ1n) is 8.66. The van der Waals surface area contributed by atoms with Crippen LogP contribution in [0.15, 0.2) is 34.9 Å². The van der Waals surface area contributed by atoms with E-state index >= 15 is 0 Å². The average molecular weight is 344 g/mol. The predicted octanol–water partition coefficient (Wildman–Crippen LogP) is 3.63. The zero-order valence-corrected chi connectivity index (χ0v) is 14.8. The third-order valence-corrected chi connectivity index (χ3v) is 3.98. The number of carbonyl (C=O) groups is 1. The summed E-state index contributed by atoms with van der Waals surface area (Å²) in [5.74, 6) is 2.66. The number of rotatable bonds is 8. The summed E-state index contributed by atoms with van der Waals surface area (Å²) in [7, 11) is 0. The molecule has 1 aliphatic rings. The van der Waals surface area contributed by atoms with Crippen LogP contribution < -0.4 is 14.8 Å². The van der Waals surface area contributed by atoms with E-state index in [1.165, 1.54) is 0 Å². The lowest BCUT2D eigenvalue weighted by atomic mass is 10.1. The summed E-state index contributed by atoms with van der Waals surface area (Å²) in [5.41, 5.74) is 0.921. The van der Waals surface area contributed by atoms with Crippen molar-refractivity contribution in [2.45, 2.75) is 52.4 Å². The van der Waals surface area contributed by atoms with E-state index in [1.807, 2.05) is 37.3 Å². The topological polar surface area (TPSA) is 73.6 Å². The Morgan fingerprint density at radius 3 is 2.52 bits per heavy atom. The number of hydrogen-bond acceptors (Lipinski definition) is 5. The lowest BCUT2D eigenvalue weighted by Crippen LogP contribution is -2.37. The number of hydrogen-bond donors (Lipinski definition) is 1. The maximum absolute atomic E-state index is 11.7. The van der Waals surface area contributed by atoms with E-state index in [1.54, 1.807) is 0 Å². The normalized spacial score (nSPS) is 15.0. The summed E-state index contributed by atoms with van der Waals surface area (Å²) >= 11 is 0. The van der Waals surface area contributed by atoms with Gasteiger partial charge in [0.15, 0.2) is 12.0 Å². The molecule has 0 spiro atoms.